The summed E-state index contributed by atoms with van der Waals surface area (Å²) in [5.74, 6) is 2.01. The molecular formula is C14H18N4. The summed E-state index contributed by atoms with van der Waals surface area (Å²) in [5.41, 5.74) is 1.09. The first-order valence-electron chi connectivity index (χ1n) is 6.58. The molecule has 1 saturated carbocycles. The van der Waals surface area contributed by atoms with E-state index in [0.717, 1.165) is 36.3 Å². The summed E-state index contributed by atoms with van der Waals surface area (Å²) in [5, 5.41) is 3.49. The summed E-state index contributed by atoms with van der Waals surface area (Å²) in [4.78, 5) is 9.02. The number of nitrogens with zero attached hydrogens (tertiary/aromatic N) is 3. The van der Waals surface area contributed by atoms with Crippen molar-refractivity contribution in [1.29, 1.82) is 0 Å². The van der Waals surface area contributed by atoms with Crippen LogP contribution in [0.5, 0.6) is 0 Å². The standard InChI is InChI=1S/C14H18N4/c1-2-13-15-8-9-18(13)14-5-3-4-12(17-14)10-16-11-6-7-11/h3-5,8-9,11,16H,2,6-7,10H2,1H3. The molecule has 2 aromatic heterocycles. The van der Waals surface area contributed by atoms with Gasteiger partial charge in [-0.3, -0.25) is 4.57 Å². The molecule has 0 saturated heterocycles. The van der Waals surface area contributed by atoms with E-state index in [4.69, 9.17) is 0 Å². The first-order chi connectivity index (χ1) is 8.86. The maximum absolute atomic E-state index is 4.68. The molecule has 4 nitrogen and oxygen atoms in total. The molecule has 18 heavy (non-hydrogen) atoms. The van der Waals surface area contributed by atoms with Crippen LogP contribution in [0.15, 0.2) is 30.6 Å². The fourth-order valence-electron chi connectivity index (χ4n) is 2.04. The summed E-state index contributed by atoms with van der Waals surface area (Å²) in [6.07, 6.45) is 7.33. The number of hydrogen-bond donors (Lipinski definition) is 1. The van der Waals surface area contributed by atoms with Crippen molar-refractivity contribution in [3.8, 4) is 5.82 Å². The largest absolute Gasteiger partial charge is 0.308 e. The van der Waals surface area contributed by atoms with Crippen molar-refractivity contribution in [3.63, 3.8) is 0 Å². The Kier molecular flexibility index (Phi) is 3.11. The molecule has 3 rings (SSSR count). The van der Waals surface area contributed by atoms with Gasteiger partial charge in [-0.15, -0.1) is 0 Å². The molecule has 0 aromatic carbocycles. The SMILES string of the molecule is CCc1nccn1-c1cccc(CNC2CC2)n1. The number of hydrogen-bond acceptors (Lipinski definition) is 3. The fourth-order valence-corrected chi connectivity index (χ4v) is 2.04. The summed E-state index contributed by atoms with van der Waals surface area (Å²) in [6.45, 7) is 2.96. The molecule has 2 aromatic rings. The second kappa shape index (κ2) is 4.90. The normalized spacial score (nSPS) is 14.9. The van der Waals surface area contributed by atoms with Crippen molar-refractivity contribution in [2.75, 3.05) is 0 Å². The Labute approximate surface area is 107 Å². The van der Waals surface area contributed by atoms with E-state index in [1.807, 2.05) is 18.5 Å². The van der Waals surface area contributed by atoms with Crippen molar-refractivity contribution in [2.45, 2.75) is 38.8 Å². The smallest absolute Gasteiger partial charge is 0.138 e. The zero-order valence-electron chi connectivity index (χ0n) is 10.6. The van der Waals surface area contributed by atoms with Gasteiger partial charge in [0.25, 0.3) is 0 Å². The highest BCUT2D eigenvalue weighted by atomic mass is 15.1. The molecule has 1 aliphatic carbocycles. The highest BCUT2D eigenvalue weighted by Gasteiger charge is 2.20. The van der Waals surface area contributed by atoms with Crippen LogP contribution in [0.4, 0.5) is 0 Å². The van der Waals surface area contributed by atoms with E-state index in [-0.39, 0.29) is 0 Å². The summed E-state index contributed by atoms with van der Waals surface area (Å²) in [6, 6.07) is 6.88. The zero-order valence-corrected chi connectivity index (χ0v) is 10.6. The average Bonchev–Trinajstić information content (AvgIpc) is 3.12. The predicted octanol–water partition coefficient (Wildman–Crippen LogP) is 2.08. The van der Waals surface area contributed by atoms with Gasteiger partial charge in [0.1, 0.15) is 11.6 Å². The molecule has 2 heterocycles. The molecule has 1 N–H and O–H groups in total. The molecule has 94 valence electrons. The maximum atomic E-state index is 4.68. The molecule has 4 heteroatoms. The molecule has 1 aliphatic rings. The van der Waals surface area contributed by atoms with Gasteiger partial charge < -0.3 is 5.32 Å². The highest BCUT2D eigenvalue weighted by Crippen LogP contribution is 2.19. The van der Waals surface area contributed by atoms with Gasteiger partial charge in [0.05, 0.1) is 5.69 Å². The van der Waals surface area contributed by atoms with Crippen LogP contribution in [0.25, 0.3) is 5.82 Å². The van der Waals surface area contributed by atoms with Crippen LogP contribution >= 0.6 is 0 Å². The van der Waals surface area contributed by atoms with Crippen LogP contribution in [0.3, 0.4) is 0 Å². The third-order valence-corrected chi connectivity index (χ3v) is 3.22. The van der Waals surface area contributed by atoms with E-state index in [9.17, 15) is 0 Å². The molecule has 0 spiro atoms. The van der Waals surface area contributed by atoms with Gasteiger partial charge in [-0.1, -0.05) is 13.0 Å². The average molecular weight is 242 g/mol. The van der Waals surface area contributed by atoms with Crippen molar-refractivity contribution in [2.24, 2.45) is 0 Å². The van der Waals surface area contributed by atoms with Crippen LogP contribution in [-0.2, 0) is 13.0 Å². The Morgan fingerprint density at radius 2 is 2.28 bits per heavy atom. The van der Waals surface area contributed by atoms with Crippen molar-refractivity contribution < 1.29 is 0 Å². The number of rotatable bonds is 5. The van der Waals surface area contributed by atoms with Gasteiger partial charge in [0, 0.05) is 31.4 Å². The molecular weight excluding hydrogens is 224 g/mol. The summed E-state index contributed by atoms with van der Waals surface area (Å²) in [7, 11) is 0. The molecule has 0 amide bonds. The Morgan fingerprint density at radius 3 is 3.06 bits per heavy atom. The van der Waals surface area contributed by atoms with E-state index in [1.54, 1.807) is 0 Å². The van der Waals surface area contributed by atoms with E-state index >= 15 is 0 Å². The Hall–Kier alpha value is -1.68. The van der Waals surface area contributed by atoms with Crippen LogP contribution in [0.2, 0.25) is 0 Å². The van der Waals surface area contributed by atoms with E-state index in [2.05, 4.69) is 38.9 Å². The lowest BCUT2D eigenvalue weighted by Crippen LogP contribution is -2.16. The van der Waals surface area contributed by atoms with Crippen molar-refractivity contribution in [1.82, 2.24) is 19.9 Å². The monoisotopic (exact) mass is 242 g/mol. The molecule has 0 atom stereocenters. The second-order valence-electron chi connectivity index (χ2n) is 4.71. The highest BCUT2D eigenvalue weighted by molar-refractivity contribution is 5.26. The number of imidazole rings is 1. The quantitative estimate of drug-likeness (QED) is 0.873. The first kappa shape index (κ1) is 11.4. The van der Waals surface area contributed by atoms with Gasteiger partial charge in [0.15, 0.2) is 0 Å². The maximum Gasteiger partial charge on any atom is 0.138 e. The van der Waals surface area contributed by atoms with Gasteiger partial charge in [-0.2, -0.15) is 0 Å². The lowest BCUT2D eigenvalue weighted by atomic mass is 10.3. The number of aromatic nitrogens is 3. The van der Waals surface area contributed by atoms with Gasteiger partial charge in [-0.05, 0) is 25.0 Å². The van der Waals surface area contributed by atoms with Crippen LogP contribution < -0.4 is 5.32 Å². The van der Waals surface area contributed by atoms with Crippen molar-refractivity contribution >= 4 is 0 Å². The topological polar surface area (TPSA) is 42.7 Å². The Morgan fingerprint density at radius 1 is 1.39 bits per heavy atom. The Bertz CT molecular complexity index is 528. The molecule has 0 aliphatic heterocycles. The predicted molar refractivity (Wildman–Crippen MR) is 70.6 cm³/mol. The van der Waals surface area contributed by atoms with E-state index in [1.165, 1.54) is 12.8 Å². The minimum Gasteiger partial charge on any atom is -0.308 e. The fraction of sp³-hybridized carbons (Fsp3) is 0.429. The van der Waals surface area contributed by atoms with Crippen LogP contribution in [0, 0.1) is 0 Å². The minimum atomic E-state index is 0.718. The number of nitrogens with one attached hydrogen (secondary N) is 1. The van der Waals surface area contributed by atoms with Crippen LogP contribution in [0.1, 0.15) is 31.3 Å². The number of aryl methyl sites for hydroxylation is 1. The second-order valence-corrected chi connectivity index (χ2v) is 4.71. The third kappa shape index (κ3) is 2.43. The van der Waals surface area contributed by atoms with Gasteiger partial charge in [-0.25, -0.2) is 9.97 Å². The van der Waals surface area contributed by atoms with Crippen molar-refractivity contribution in [3.05, 3.63) is 42.1 Å². The van der Waals surface area contributed by atoms with E-state index < -0.39 is 0 Å². The molecule has 0 bridgehead atoms. The molecule has 0 unspecified atom stereocenters. The minimum absolute atomic E-state index is 0.718. The molecule has 0 radical (unpaired) electrons. The molecule has 1 fully saturated rings. The number of pyridine rings is 1. The lowest BCUT2D eigenvalue weighted by molar-refractivity contribution is 0.672. The van der Waals surface area contributed by atoms with E-state index in [0.29, 0.717) is 0 Å². The third-order valence-electron chi connectivity index (χ3n) is 3.22. The zero-order chi connectivity index (χ0) is 12.4. The first-order valence-corrected chi connectivity index (χ1v) is 6.58. The summed E-state index contributed by atoms with van der Waals surface area (Å²) >= 11 is 0. The lowest BCUT2D eigenvalue weighted by Gasteiger charge is -2.08. The summed E-state index contributed by atoms with van der Waals surface area (Å²) < 4.78 is 2.06. The van der Waals surface area contributed by atoms with Crippen LogP contribution in [-0.4, -0.2) is 20.6 Å². The van der Waals surface area contributed by atoms with Gasteiger partial charge >= 0.3 is 0 Å². The van der Waals surface area contributed by atoms with Gasteiger partial charge in [0.2, 0.25) is 0 Å². The Balaban J connectivity index is 1.80.